The van der Waals surface area contributed by atoms with E-state index in [0.717, 1.165) is 12.8 Å². The summed E-state index contributed by atoms with van der Waals surface area (Å²) in [7, 11) is -2.88. The molecular weight excluding hydrogens is 280 g/mol. The number of hydrogen-bond donors (Lipinski definition) is 2. The number of carboxylic acids is 1. The first kappa shape index (κ1) is 15.7. The zero-order valence-electron chi connectivity index (χ0n) is 12.0. The summed E-state index contributed by atoms with van der Waals surface area (Å²) in [6, 6.07) is 0.175. The van der Waals surface area contributed by atoms with E-state index in [1.807, 2.05) is 6.92 Å². The Balaban J connectivity index is 2.05. The van der Waals surface area contributed by atoms with Gasteiger partial charge in [-0.2, -0.15) is 0 Å². The van der Waals surface area contributed by atoms with Crippen LogP contribution in [0, 0.1) is 0 Å². The zero-order valence-corrected chi connectivity index (χ0v) is 12.8. The summed E-state index contributed by atoms with van der Waals surface area (Å²) >= 11 is 0. The zero-order chi connectivity index (χ0) is 14.8. The number of likely N-dealkylation sites (N-methyl/N-ethyl adjacent to an activating group) is 1. The standard InChI is InChI=1S/C13H24N2O4S/c1-2-14-13(12(16)17)5-3-4-11(10-13)15-6-8-20(18,19)9-7-15/h11,14H,2-10H2,1H3,(H,16,17). The van der Waals surface area contributed by atoms with E-state index < -0.39 is 21.3 Å². The normalized spacial score (nSPS) is 34.8. The molecule has 1 aliphatic carbocycles. The molecule has 6 nitrogen and oxygen atoms in total. The number of carbonyl (C=O) groups is 1. The van der Waals surface area contributed by atoms with Crippen LogP contribution in [-0.4, -0.2) is 67.1 Å². The van der Waals surface area contributed by atoms with Crippen LogP contribution in [0.5, 0.6) is 0 Å². The maximum absolute atomic E-state index is 11.6. The van der Waals surface area contributed by atoms with Crippen LogP contribution in [-0.2, 0) is 14.6 Å². The van der Waals surface area contributed by atoms with Gasteiger partial charge in [0.05, 0.1) is 11.5 Å². The molecule has 0 bridgehead atoms. The molecule has 0 amide bonds. The van der Waals surface area contributed by atoms with Gasteiger partial charge in [0.1, 0.15) is 5.54 Å². The largest absolute Gasteiger partial charge is 0.480 e. The lowest BCUT2D eigenvalue weighted by Crippen LogP contribution is -2.59. The van der Waals surface area contributed by atoms with Crippen molar-refractivity contribution in [2.75, 3.05) is 31.1 Å². The van der Waals surface area contributed by atoms with E-state index in [1.54, 1.807) is 0 Å². The Morgan fingerprint density at radius 2 is 2.05 bits per heavy atom. The number of hydrogen-bond acceptors (Lipinski definition) is 5. The third-order valence-corrected chi connectivity index (χ3v) is 6.15. The van der Waals surface area contributed by atoms with Crippen molar-refractivity contribution < 1.29 is 18.3 Å². The Morgan fingerprint density at radius 1 is 1.40 bits per heavy atom. The molecule has 1 aliphatic heterocycles. The highest BCUT2D eigenvalue weighted by molar-refractivity contribution is 7.91. The molecule has 2 aliphatic rings. The van der Waals surface area contributed by atoms with Crippen molar-refractivity contribution in [1.82, 2.24) is 10.2 Å². The minimum atomic E-state index is -2.88. The van der Waals surface area contributed by atoms with Crippen molar-refractivity contribution in [3.63, 3.8) is 0 Å². The predicted octanol–water partition coefficient (Wildman–Crippen LogP) is 0.0923. The van der Waals surface area contributed by atoms with Crippen LogP contribution in [0.15, 0.2) is 0 Å². The van der Waals surface area contributed by atoms with Gasteiger partial charge in [0.2, 0.25) is 0 Å². The predicted molar refractivity (Wildman–Crippen MR) is 76.5 cm³/mol. The number of aliphatic carboxylic acids is 1. The summed E-state index contributed by atoms with van der Waals surface area (Å²) in [6.07, 6.45) is 3.04. The molecule has 2 unspecified atom stereocenters. The Labute approximate surface area is 120 Å². The van der Waals surface area contributed by atoms with E-state index >= 15 is 0 Å². The van der Waals surface area contributed by atoms with E-state index in [9.17, 15) is 18.3 Å². The van der Waals surface area contributed by atoms with E-state index in [-0.39, 0.29) is 17.5 Å². The summed E-state index contributed by atoms with van der Waals surface area (Å²) in [4.78, 5) is 13.8. The summed E-state index contributed by atoms with van der Waals surface area (Å²) in [5, 5.41) is 12.7. The van der Waals surface area contributed by atoms with Gasteiger partial charge in [-0.05, 0) is 32.2 Å². The van der Waals surface area contributed by atoms with Crippen molar-refractivity contribution in [2.24, 2.45) is 0 Å². The highest BCUT2D eigenvalue weighted by Crippen LogP contribution is 2.32. The van der Waals surface area contributed by atoms with Crippen molar-refractivity contribution >= 4 is 15.8 Å². The number of nitrogens with zero attached hydrogens (tertiary/aromatic N) is 1. The van der Waals surface area contributed by atoms with E-state index in [4.69, 9.17) is 0 Å². The van der Waals surface area contributed by atoms with Gasteiger partial charge in [0.15, 0.2) is 9.84 Å². The third-order valence-electron chi connectivity index (χ3n) is 4.54. The topological polar surface area (TPSA) is 86.7 Å². The Morgan fingerprint density at radius 3 is 2.60 bits per heavy atom. The molecule has 0 radical (unpaired) electrons. The van der Waals surface area contributed by atoms with Crippen molar-refractivity contribution in [1.29, 1.82) is 0 Å². The molecule has 1 heterocycles. The summed E-state index contributed by atoms with van der Waals surface area (Å²) in [5.74, 6) is -0.385. The lowest BCUT2D eigenvalue weighted by atomic mass is 9.78. The van der Waals surface area contributed by atoms with Crippen molar-refractivity contribution in [2.45, 2.75) is 44.2 Å². The highest BCUT2D eigenvalue weighted by atomic mass is 32.2. The fraction of sp³-hybridized carbons (Fsp3) is 0.923. The fourth-order valence-corrected chi connectivity index (χ4v) is 4.65. The van der Waals surface area contributed by atoms with Crippen molar-refractivity contribution in [3.8, 4) is 0 Å². The quantitative estimate of drug-likeness (QED) is 0.765. The molecule has 116 valence electrons. The molecule has 0 aromatic carbocycles. The molecule has 2 fully saturated rings. The monoisotopic (exact) mass is 304 g/mol. The number of carboxylic acid groups (broad SMARTS) is 1. The Hall–Kier alpha value is -0.660. The van der Waals surface area contributed by atoms with Crippen molar-refractivity contribution in [3.05, 3.63) is 0 Å². The summed E-state index contributed by atoms with van der Waals surface area (Å²) < 4.78 is 23.0. The van der Waals surface area contributed by atoms with Crippen LogP contribution in [0.2, 0.25) is 0 Å². The van der Waals surface area contributed by atoms with Crippen LogP contribution in [0.3, 0.4) is 0 Å². The van der Waals surface area contributed by atoms with Crippen LogP contribution in [0.4, 0.5) is 0 Å². The van der Waals surface area contributed by atoms with Gasteiger partial charge in [0, 0.05) is 19.1 Å². The SMILES string of the molecule is CCNC1(C(=O)O)CCCC(N2CCS(=O)(=O)CC2)C1. The smallest absolute Gasteiger partial charge is 0.323 e. The first-order chi connectivity index (χ1) is 9.38. The maximum Gasteiger partial charge on any atom is 0.323 e. The molecule has 20 heavy (non-hydrogen) atoms. The summed E-state index contributed by atoms with van der Waals surface area (Å²) in [6.45, 7) is 3.62. The van der Waals surface area contributed by atoms with Crippen LogP contribution in [0.25, 0.3) is 0 Å². The lowest BCUT2D eigenvalue weighted by Gasteiger charge is -2.43. The van der Waals surface area contributed by atoms with Gasteiger partial charge in [-0.3, -0.25) is 9.69 Å². The fourth-order valence-electron chi connectivity index (χ4n) is 3.42. The van der Waals surface area contributed by atoms with Gasteiger partial charge >= 0.3 is 5.97 Å². The van der Waals surface area contributed by atoms with Gasteiger partial charge < -0.3 is 10.4 Å². The molecule has 1 saturated carbocycles. The Kier molecular flexibility index (Phi) is 4.71. The lowest BCUT2D eigenvalue weighted by molar-refractivity contribution is -0.147. The van der Waals surface area contributed by atoms with Gasteiger partial charge in [-0.25, -0.2) is 8.42 Å². The van der Waals surface area contributed by atoms with Crippen LogP contribution in [0.1, 0.15) is 32.6 Å². The molecule has 2 atom stereocenters. The molecule has 1 saturated heterocycles. The second kappa shape index (κ2) is 5.99. The molecule has 2 rings (SSSR count). The van der Waals surface area contributed by atoms with E-state index in [1.165, 1.54) is 0 Å². The third kappa shape index (κ3) is 3.32. The molecule has 7 heteroatoms. The first-order valence-electron chi connectivity index (χ1n) is 7.31. The number of nitrogens with one attached hydrogen (secondary N) is 1. The second-order valence-corrected chi connectivity index (χ2v) is 8.16. The Bertz CT molecular complexity index is 447. The van der Waals surface area contributed by atoms with Gasteiger partial charge in [-0.1, -0.05) is 6.92 Å². The molecular formula is C13H24N2O4S. The number of rotatable bonds is 4. The average molecular weight is 304 g/mol. The average Bonchev–Trinajstić information content (AvgIpc) is 2.39. The van der Waals surface area contributed by atoms with E-state index in [0.29, 0.717) is 32.5 Å². The molecule has 0 aromatic heterocycles. The number of sulfone groups is 1. The molecule has 2 N–H and O–H groups in total. The van der Waals surface area contributed by atoms with Gasteiger partial charge in [-0.15, -0.1) is 0 Å². The molecule has 0 aromatic rings. The van der Waals surface area contributed by atoms with Crippen LogP contribution >= 0.6 is 0 Å². The second-order valence-electron chi connectivity index (χ2n) is 5.86. The van der Waals surface area contributed by atoms with E-state index in [2.05, 4.69) is 10.2 Å². The highest BCUT2D eigenvalue weighted by Gasteiger charge is 2.44. The van der Waals surface area contributed by atoms with Gasteiger partial charge in [0.25, 0.3) is 0 Å². The van der Waals surface area contributed by atoms with Crippen LogP contribution < -0.4 is 5.32 Å². The minimum absolute atomic E-state index is 0.175. The molecule has 0 spiro atoms. The minimum Gasteiger partial charge on any atom is -0.480 e. The first-order valence-corrected chi connectivity index (χ1v) is 9.13. The maximum atomic E-state index is 11.6. The summed E-state index contributed by atoms with van der Waals surface area (Å²) in [5.41, 5.74) is -0.839.